The second-order valence-corrected chi connectivity index (χ2v) is 5.15. The number of carbonyl (C=O) groups excluding carboxylic acids is 1. The van der Waals surface area contributed by atoms with Gasteiger partial charge in [-0.1, -0.05) is 35.3 Å². The van der Waals surface area contributed by atoms with Gasteiger partial charge in [0.05, 0.1) is 0 Å². The minimum atomic E-state index is 0.189. The van der Waals surface area contributed by atoms with Gasteiger partial charge in [0, 0.05) is 16.5 Å². The lowest BCUT2D eigenvalue weighted by molar-refractivity contribution is -0.115. The summed E-state index contributed by atoms with van der Waals surface area (Å²) >= 11 is 11.9. The van der Waals surface area contributed by atoms with Crippen molar-refractivity contribution < 1.29 is 4.79 Å². The molecule has 0 atom stereocenters. The zero-order valence-corrected chi connectivity index (χ0v) is 11.0. The summed E-state index contributed by atoms with van der Waals surface area (Å²) in [7, 11) is 0. The van der Waals surface area contributed by atoms with Crippen LogP contribution < -0.4 is 0 Å². The minimum Gasteiger partial charge on any atom is -0.294 e. The van der Waals surface area contributed by atoms with Crippen molar-refractivity contribution in [2.75, 3.05) is 0 Å². The van der Waals surface area contributed by atoms with Crippen LogP contribution in [0.5, 0.6) is 0 Å². The largest absolute Gasteiger partial charge is 0.294 e. The van der Waals surface area contributed by atoms with Crippen LogP contribution in [0.4, 0.5) is 0 Å². The molecule has 0 amide bonds. The van der Waals surface area contributed by atoms with Crippen LogP contribution in [-0.4, -0.2) is 5.78 Å². The van der Waals surface area contributed by atoms with E-state index in [2.05, 4.69) is 6.08 Å². The fraction of sp³-hybridized carbons (Fsp3) is 0.357. The fourth-order valence-corrected chi connectivity index (χ4v) is 2.52. The van der Waals surface area contributed by atoms with Gasteiger partial charge in [-0.05, 0) is 49.0 Å². The fourth-order valence-electron chi connectivity index (χ4n) is 2.04. The second-order valence-electron chi connectivity index (χ2n) is 4.31. The first-order valence-corrected chi connectivity index (χ1v) is 6.58. The average Bonchev–Trinajstić information content (AvgIpc) is 2.34. The molecule has 0 heterocycles. The zero-order chi connectivity index (χ0) is 12.3. The van der Waals surface area contributed by atoms with Crippen molar-refractivity contribution in [3.63, 3.8) is 0 Å². The first-order valence-electron chi connectivity index (χ1n) is 5.83. The van der Waals surface area contributed by atoms with Crippen molar-refractivity contribution in [3.05, 3.63) is 45.5 Å². The number of benzene rings is 1. The molecule has 3 heteroatoms. The molecule has 1 aromatic rings. The Kier molecular flexibility index (Phi) is 4.25. The van der Waals surface area contributed by atoms with E-state index < -0.39 is 0 Å². The maximum Gasteiger partial charge on any atom is 0.162 e. The van der Waals surface area contributed by atoms with Gasteiger partial charge in [-0.25, -0.2) is 0 Å². The smallest absolute Gasteiger partial charge is 0.162 e. The highest BCUT2D eigenvalue weighted by Gasteiger charge is 2.14. The van der Waals surface area contributed by atoms with Gasteiger partial charge in [-0.3, -0.25) is 4.79 Å². The molecule has 2 rings (SSSR count). The van der Waals surface area contributed by atoms with Crippen molar-refractivity contribution in [1.82, 2.24) is 0 Å². The predicted octanol–water partition coefficient (Wildman–Crippen LogP) is 4.61. The molecular weight excluding hydrogens is 255 g/mol. The van der Waals surface area contributed by atoms with Crippen LogP contribution in [0.3, 0.4) is 0 Å². The molecular formula is C14H14Cl2O. The number of ketones is 1. The van der Waals surface area contributed by atoms with Gasteiger partial charge < -0.3 is 0 Å². The third-order valence-corrected chi connectivity index (χ3v) is 3.60. The Bertz CT molecular complexity index is 463. The van der Waals surface area contributed by atoms with E-state index in [1.54, 1.807) is 12.1 Å². The Morgan fingerprint density at radius 1 is 1.24 bits per heavy atom. The van der Waals surface area contributed by atoms with Gasteiger partial charge in [0.15, 0.2) is 5.78 Å². The number of Topliss-reactive ketones (excluding diaryl/α,β-unsaturated/α-hetero) is 1. The Morgan fingerprint density at radius 2 is 2.06 bits per heavy atom. The Hall–Kier alpha value is -0.790. The van der Waals surface area contributed by atoms with E-state index in [4.69, 9.17) is 23.2 Å². The molecule has 0 N–H and O–H groups in total. The van der Waals surface area contributed by atoms with E-state index in [-0.39, 0.29) is 5.78 Å². The highest BCUT2D eigenvalue weighted by Crippen LogP contribution is 2.24. The van der Waals surface area contributed by atoms with Crippen LogP contribution in [0, 0.1) is 0 Å². The van der Waals surface area contributed by atoms with Crippen LogP contribution in [0.1, 0.15) is 31.2 Å². The molecule has 0 aromatic heterocycles. The molecule has 1 aliphatic carbocycles. The van der Waals surface area contributed by atoms with Gasteiger partial charge in [0.25, 0.3) is 0 Å². The van der Waals surface area contributed by atoms with Gasteiger partial charge in [0.1, 0.15) is 0 Å². The molecule has 0 spiro atoms. The van der Waals surface area contributed by atoms with E-state index in [9.17, 15) is 4.79 Å². The first kappa shape index (κ1) is 12.7. The molecule has 0 aliphatic heterocycles. The average molecular weight is 269 g/mol. The zero-order valence-electron chi connectivity index (χ0n) is 9.51. The second kappa shape index (κ2) is 5.70. The molecule has 1 aliphatic rings. The van der Waals surface area contributed by atoms with E-state index in [1.165, 1.54) is 6.42 Å². The highest BCUT2D eigenvalue weighted by atomic mass is 35.5. The number of hydrogen-bond donors (Lipinski definition) is 0. The summed E-state index contributed by atoms with van der Waals surface area (Å²) in [5, 5.41) is 1.17. The van der Waals surface area contributed by atoms with Gasteiger partial charge in [-0.2, -0.15) is 0 Å². The van der Waals surface area contributed by atoms with Gasteiger partial charge in [0.2, 0.25) is 0 Å². The summed E-state index contributed by atoms with van der Waals surface area (Å²) in [6.07, 6.45) is 6.68. The molecule has 0 fully saturated rings. The van der Waals surface area contributed by atoms with Crippen LogP contribution in [0.15, 0.2) is 29.8 Å². The lowest BCUT2D eigenvalue weighted by atomic mass is 9.93. The number of halogens is 2. The van der Waals surface area contributed by atoms with Crippen LogP contribution in [0.2, 0.25) is 10.0 Å². The maximum atomic E-state index is 12.0. The van der Waals surface area contributed by atoms with E-state index in [0.29, 0.717) is 16.5 Å². The molecule has 0 bridgehead atoms. The lowest BCUT2D eigenvalue weighted by Gasteiger charge is -2.12. The predicted molar refractivity (Wildman–Crippen MR) is 71.7 cm³/mol. The van der Waals surface area contributed by atoms with Crippen molar-refractivity contribution >= 4 is 29.0 Å². The monoisotopic (exact) mass is 268 g/mol. The lowest BCUT2D eigenvalue weighted by Crippen LogP contribution is -2.09. The summed E-state index contributed by atoms with van der Waals surface area (Å²) < 4.78 is 0. The minimum absolute atomic E-state index is 0.189. The van der Waals surface area contributed by atoms with Gasteiger partial charge in [-0.15, -0.1) is 0 Å². The third-order valence-electron chi connectivity index (χ3n) is 3.02. The highest BCUT2D eigenvalue weighted by molar-refractivity contribution is 6.35. The quantitative estimate of drug-likeness (QED) is 0.783. The van der Waals surface area contributed by atoms with Gasteiger partial charge >= 0.3 is 0 Å². The Labute approximate surface area is 111 Å². The Balaban J connectivity index is 2.10. The van der Waals surface area contributed by atoms with E-state index >= 15 is 0 Å². The Morgan fingerprint density at radius 3 is 2.71 bits per heavy atom. The maximum absolute atomic E-state index is 12.0. The summed E-state index contributed by atoms with van der Waals surface area (Å²) in [5.41, 5.74) is 1.81. The molecule has 0 unspecified atom stereocenters. The molecule has 1 nitrogen and oxygen atoms in total. The summed E-state index contributed by atoms with van der Waals surface area (Å²) in [5.74, 6) is 0.189. The molecule has 0 radical (unpaired) electrons. The standard InChI is InChI=1S/C14H14Cl2O/c15-12-7-6-11(13(16)9-12)8-14(17)10-4-2-1-3-5-10/h4,6-7,9H,1-3,5,8H2. The topological polar surface area (TPSA) is 17.1 Å². The third kappa shape index (κ3) is 3.34. The van der Waals surface area contributed by atoms with E-state index in [0.717, 1.165) is 30.4 Å². The van der Waals surface area contributed by atoms with E-state index in [1.807, 2.05) is 6.07 Å². The van der Waals surface area contributed by atoms with Crippen molar-refractivity contribution in [1.29, 1.82) is 0 Å². The van der Waals surface area contributed by atoms with Crippen molar-refractivity contribution in [3.8, 4) is 0 Å². The molecule has 17 heavy (non-hydrogen) atoms. The molecule has 0 saturated heterocycles. The first-order chi connectivity index (χ1) is 8.16. The van der Waals surface area contributed by atoms with Crippen LogP contribution >= 0.6 is 23.2 Å². The SMILES string of the molecule is O=C(Cc1ccc(Cl)cc1Cl)C1=CCCCC1. The van der Waals surface area contributed by atoms with Crippen LogP contribution in [0.25, 0.3) is 0 Å². The molecule has 0 saturated carbocycles. The summed E-state index contributed by atoms with van der Waals surface area (Å²) in [6, 6.07) is 5.28. The van der Waals surface area contributed by atoms with Crippen LogP contribution in [-0.2, 0) is 11.2 Å². The number of allylic oxidation sites excluding steroid dienone is 2. The summed E-state index contributed by atoms with van der Waals surface area (Å²) in [4.78, 5) is 12.0. The number of carbonyl (C=O) groups is 1. The number of rotatable bonds is 3. The van der Waals surface area contributed by atoms with Crippen molar-refractivity contribution in [2.45, 2.75) is 32.1 Å². The molecule has 1 aromatic carbocycles. The molecule has 90 valence electrons. The number of hydrogen-bond acceptors (Lipinski definition) is 1. The summed E-state index contributed by atoms with van der Waals surface area (Å²) in [6.45, 7) is 0. The van der Waals surface area contributed by atoms with Crippen molar-refractivity contribution in [2.24, 2.45) is 0 Å². The normalized spacial score (nSPS) is 15.5.